The summed E-state index contributed by atoms with van der Waals surface area (Å²) in [4.78, 5) is 18.4. The fourth-order valence-corrected chi connectivity index (χ4v) is 2.09. The molecule has 2 heterocycles. The second kappa shape index (κ2) is 5.67. The van der Waals surface area contributed by atoms with Gasteiger partial charge in [-0.25, -0.2) is 4.98 Å². The molecule has 0 saturated heterocycles. The highest BCUT2D eigenvalue weighted by Gasteiger charge is 2.14. The lowest BCUT2D eigenvalue weighted by Gasteiger charge is -2.21. The predicted octanol–water partition coefficient (Wildman–Crippen LogP) is 2.60. The largest absolute Gasteiger partial charge is 0.339 e. The van der Waals surface area contributed by atoms with E-state index >= 15 is 0 Å². The molecule has 96 valence electrons. The van der Waals surface area contributed by atoms with Crippen LogP contribution in [0.25, 0.3) is 5.52 Å². The van der Waals surface area contributed by atoms with Crippen LogP contribution in [0.2, 0.25) is 0 Å². The van der Waals surface area contributed by atoms with Crippen LogP contribution in [0.15, 0.2) is 30.9 Å². The quantitative estimate of drug-likeness (QED) is 0.812. The number of nitrogens with zero attached hydrogens (tertiary/aromatic N) is 3. The molecule has 4 heteroatoms. The van der Waals surface area contributed by atoms with E-state index in [0.717, 1.165) is 37.0 Å². The van der Waals surface area contributed by atoms with Gasteiger partial charge in [0.05, 0.1) is 18.0 Å². The number of hydrogen-bond donors (Lipinski definition) is 0. The molecule has 0 aliphatic carbocycles. The van der Waals surface area contributed by atoms with E-state index in [4.69, 9.17) is 0 Å². The van der Waals surface area contributed by atoms with E-state index in [1.807, 2.05) is 27.6 Å². The minimum Gasteiger partial charge on any atom is -0.339 e. The number of imidazole rings is 1. The topological polar surface area (TPSA) is 37.6 Å². The predicted molar refractivity (Wildman–Crippen MR) is 71.7 cm³/mol. The number of carbonyl (C=O) groups is 1. The molecule has 1 amide bonds. The van der Waals surface area contributed by atoms with Crippen LogP contribution in [-0.4, -0.2) is 33.3 Å². The van der Waals surface area contributed by atoms with Crippen LogP contribution in [-0.2, 0) is 0 Å². The molecule has 0 unspecified atom stereocenters. The summed E-state index contributed by atoms with van der Waals surface area (Å²) < 4.78 is 1.90. The van der Waals surface area contributed by atoms with Crippen LogP contribution in [0.3, 0.4) is 0 Å². The summed E-state index contributed by atoms with van der Waals surface area (Å²) in [5.74, 6) is 0.113. The SMILES string of the molecule is CCCN(CCC)C(=O)c1ccn2cncc2c1. The highest BCUT2D eigenvalue weighted by atomic mass is 16.2. The summed E-state index contributed by atoms with van der Waals surface area (Å²) in [5, 5.41) is 0. The van der Waals surface area contributed by atoms with Crippen molar-refractivity contribution < 1.29 is 4.79 Å². The van der Waals surface area contributed by atoms with Crippen molar-refractivity contribution in [2.45, 2.75) is 26.7 Å². The maximum atomic E-state index is 12.4. The maximum absolute atomic E-state index is 12.4. The van der Waals surface area contributed by atoms with Gasteiger partial charge in [-0.1, -0.05) is 13.8 Å². The molecule has 0 aliphatic rings. The molecule has 18 heavy (non-hydrogen) atoms. The van der Waals surface area contributed by atoms with Gasteiger partial charge in [0.1, 0.15) is 0 Å². The third-order valence-corrected chi connectivity index (χ3v) is 2.94. The minimum absolute atomic E-state index is 0.113. The second-order valence-corrected chi connectivity index (χ2v) is 4.43. The Morgan fingerprint density at radius 2 is 2.06 bits per heavy atom. The Balaban J connectivity index is 2.24. The molecular formula is C14H19N3O. The molecule has 0 fully saturated rings. The van der Waals surface area contributed by atoms with Gasteiger partial charge in [0.15, 0.2) is 0 Å². The van der Waals surface area contributed by atoms with Crippen molar-refractivity contribution >= 4 is 11.4 Å². The molecule has 0 aromatic carbocycles. The summed E-state index contributed by atoms with van der Waals surface area (Å²) in [6.45, 7) is 5.82. The van der Waals surface area contributed by atoms with Gasteiger partial charge in [-0.2, -0.15) is 0 Å². The molecule has 2 aromatic heterocycles. The van der Waals surface area contributed by atoms with E-state index < -0.39 is 0 Å². The zero-order valence-electron chi connectivity index (χ0n) is 11.0. The Labute approximate surface area is 107 Å². The van der Waals surface area contributed by atoms with Gasteiger partial charge >= 0.3 is 0 Å². The van der Waals surface area contributed by atoms with E-state index in [0.29, 0.717) is 0 Å². The number of fused-ring (bicyclic) bond motifs is 1. The van der Waals surface area contributed by atoms with Crippen molar-refractivity contribution in [2.75, 3.05) is 13.1 Å². The zero-order chi connectivity index (χ0) is 13.0. The smallest absolute Gasteiger partial charge is 0.253 e. The van der Waals surface area contributed by atoms with Crippen LogP contribution < -0.4 is 0 Å². The molecule has 0 saturated carbocycles. The molecule has 0 spiro atoms. The van der Waals surface area contributed by atoms with E-state index in [1.54, 1.807) is 12.5 Å². The van der Waals surface area contributed by atoms with E-state index in [-0.39, 0.29) is 5.91 Å². The molecule has 2 rings (SSSR count). The Bertz CT molecular complexity index is 527. The van der Waals surface area contributed by atoms with E-state index in [9.17, 15) is 4.79 Å². The van der Waals surface area contributed by atoms with Crippen LogP contribution in [0, 0.1) is 0 Å². The average molecular weight is 245 g/mol. The Hall–Kier alpha value is -1.84. The first-order valence-corrected chi connectivity index (χ1v) is 6.47. The Morgan fingerprint density at radius 3 is 2.72 bits per heavy atom. The first kappa shape index (κ1) is 12.6. The fraction of sp³-hybridized carbons (Fsp3) is 0.429. The summed E-state index contributed by atoms with van der Waals surface area (Å²) in [7, 11) is 0. The van der Waals surface area contributed by atoms with Gasteiger partial charge in [-0.05, 0) is 25.0 Å². The van der Waals surface area contributed by atoms with Crippen molar-refractivity contribution in [1.29, 1.82) is 0 Å². The van der Waals surface area contributed by atoms with Crippen molar-refractivity contribution in [2.24, 2.45) is 0 Å². The normalized spacial score (nSPS) is 10.8. The number of carbonyl (C=O) groups excluding carboxylic acids is 1. The third-order valence-electron chi connectivity index (χ3n) is 2.94. The van der Waals surface area contributed by atoms with Gasteiger partial charge in [0.25, 0.3) is 5.91 Å². The average Bonchev–Trinajstić information content (AvgIpc) is 2.84. The van der Waals surface area contributed by atoms with Gasteiger partial charge in [-0.3, -0.25) is 4.79 Å². The van der Waals surface area contributed by atoms with Gasteiger partial charge < -0.3 is 9.30 Å². The second-order valence-electron chi connectivity index (χ2n) is 4.43. The Morgan fingerprint density at radius 1 is 1.33 bits per heavy atom. The summed E-state index contributed by atoms with van der Waals surface area (Å²) >= 11 is 0. The summed E-state index contributed by atoms with van der Waals surface area (Å²) in [6.07, 6.45) is 7.35. The number of aromatic nitrogens is 2. The maximum Gasteiger partial charge on any atom is 0.253 e. The first-order chi connectivity index (χ1) is 8.76. The highest BCUT2D eigenvalue weighted by Crippen LogP contribution is 2.10. The molecule has 4 nitrogen and oxygen atoms in total. The van der Waals surface area contributed by atoms with Crippen molar-refractivity contribution in [3.63, 3.8) is 0 Å². The van der Waals surface area contributed by atoms with Gasteiger partial charge in [0, 0.05) is 24.8 Å². The number of pyridine rings is 1. The molecule has 0 N–H and O–H groups in total. The zero-order valence-corrected chi connectivity index (χ0v) is 11.0. The molecule has 2 aromatic rings. The lowest BCUT2D eigenvalue weighted by atomic mass is 10.2. The number of rotatable bonds is 5. The monoisotopic (exact) mass is 245 g/mol. The molecule has 0 radical (unpaired) electrons. The standard InChI is InChI=1S/C14H19N3O/c1-3-6-16(7-4-2)14(18)12-5-8-17-11-15-10-13(17)9-12/h5,8-11H,3-4,6-7H2,1-2H3. The molecule has 0 bridgehead atoms. The van der Waals surface area contributed by atoms with Crippen molar-refractivity contribution in [1.82, 2.24) is 14.3 Å². The first-order valence-electron chi connectivity index (χ1n) is 6.47. The third kappa shape index (κ3) is 2.53. The lowest BCUT2D eigenvalue weighted by molar-refractivity contribution is 0.0755. The Kier molecular flexibility index (Phi) is 3.97. The van der Waals surface area contributed by atoms with Crippen molar-refractivity contribution in [3.8, 4) is 0 Å². The number of hydrogen-bond acceptors (Lipinski definition) is 2. The van der Waals surface area contributed by atoms with Crippen LogP contribution >= 0.6 is 0 Å². The summed E-state index contributed by atoms with van der Waals surface area (Å²) in [5.41, 5.74) is 1.69. The minimum atomic E-state index is 0.113. The van der Waals surface area contributed by atoms with Crippen LogP contribution in [0.4, 0.5) is 0 Å². The van der Waals surface area contributed by atoms with E-state index in [2.05, 4.69) is 18.8 Å². The van der Waals surface area contributed by atoms with Crippen LogP contribution in [0.5, 0.6) is 0 Å². The van der Waals surface area contributed by atoms with E-state index in [1.165, 1.54) is 0 Å². The number of amides is 1. The lowest BCUT2D eigenvalue weighted by Crippen LogP contribution is -2.32. The van der Waals surface area contributed by atoms with Gasteiger partial charge in [-0.15, -0.1) is 0 Å². The molecule has 0 aliphatic heterocycles. The molecular weight excluding hydrogens is 226 g/mol. The van der Waals surface area contributed by atoms with Crippen LogP contribution in [0.1, 0.15) is 37.0 Å². The molecule has 0 atom stereocenters. The highest BCUT2D eigenvalue weighted by molar-refractivity contribution is 5.95. The fourth-order valence-electron chi connectivity index (χ4n) is 2.09. The summed E-state index contributed by atoms with van der Waals surface area (Å²) in [6, 6.07) is 3.75. The van der Waals surface area contributed by atoms with Gasteiger partial charge in [0.2, 0.25) is 0 Å². The van der Waals surface area contributed by atoms with Crippen molar-refractivity contribution in [3.05, 3.63) is 36.4 Å².